The van der Waals surface area contributed by atoms with Gasteiger partial charge < -0.3 is 19.7 Å². The molecule has 0 radical (unpaired) electrons. The predicted molar refractivity (Wildman–Crippen MR) is 151 cm³/mol. The average Bonchev–Trinajstić information content (AvgIpc) is 3.30. The number of benzene rings is 2. The van der Waals surface area contributed by atoms with Crippen LogP contribution in [0.15, 0.2) is 60.8 Å². The largest absolute Gasteiger partial charge is 0.491 e. The van der Waals surface area contributed by atoms with Crippen molar-refractivity contribution in [2.45, 2.75) is 78.2 Å². The van der Waals surface area contributed by atoms with E-state index in [1.54, 1.807) is 18.2 Å². The summed E-state index contributed by atoms with van der Waals surface area (Å²) in [5.41, 5.74) is 3.69. The number of anilines is 1. The molecular weight excluding hydrogens is 464 g/mol. The number of aliphatic carboxylic acids is 1. The second-order valence-corrected chi connectivity index (χ2v) is 9.59. The Hall–Kier alpha value is -3.54. The molecule has 0 saturated carbocycles. The highest BCUT2D eigenvalue weighted by Crippen LogP contribution is 2.30. The van der Waals surface area contributed by atoms with Gasteiger partial charge in [-0.1, -0.05) is 57.7 Å². The van der Waals surface area contributed by atoms with Crippen molar-refractivity contribution in [1.82, 2.24) is 4.57 Å². The van der Waals surface area contributed by atoms with Crippen molar-refractivity contribution in [2.75, 3.05) is 11.9 Å². The van der Waals surface area contributed by atoms with E-state index in [-0.39, 0.29) is 18.9 Å². The topological polar surface area (TPSA) is 80.6 Å². The summed E-state index contributed by atoms with van der Waals surface area (Å²) < 4.78 is 8.13. The van der Waals surface area contributed by atoms with Gasteiger partial charge in [0.05, 0.1) is 12.3 Å². The molecule has 1 amide bonds. The fraction of sp³-hybridized carbons (Fsp3) is 0.419. The summed E-state index contributed by atoms with van der Waals surface area (Å²) in [6.45, 7) is 6.70. The lowest BCUT2D eigenvalue weighted by atomic mass is 10.0. The van der Waals surface area contributed by atoms with Crippen molar-refractivity contribution < 1.29 is 19.4 Å². The molecule has 6 heteroatoms. The number of carboxylic acid groups (broad SMARTS) is 1. The van der Waals surface area contributed by atoms with Crippen LogP contribution in [0.25, 0.3) is 16.5 Å². The fourth-order valence-corrected chi connectivity index (χ4v) is 4.58. The zero-order chi connectivity index (χ0) is 26.6. The first kappa shape index (κ1) is 28.0. The summed E-state index contributed by atoms with van der Waals surface area (Å²) in [7, 11) is 0. The highest BCUT2D eigenvalue weighted by Gasteiger charge is 2.14. The summed E-state index contributed by atoms with van der Waals surface area (Å²) in [5, 5.41) is 12.9. The predicted octanol–water partition coefficient (Wildman–Crippen LogP) is 7.85. The van der Waals surface area contributed by atoms with E-state index >= 15 is 0 Å². The second kappa shape index (κ2) is 14.3. The Kier molecular flexibility index (Phi) is 10.8. The van der Waals surface area contributed by atoms with Gasteiger partial charge in [-0.25, -0.2) is 0 Å². The molecule has 2 aromatic carbocycles. The van der Waals surface area contributed by atoms with E-state index in [2.05, 4.69) is 54.2 Å². The minimum Gasteiger partial charge on any atom is -0.491 e. The van der Waals surface area contributed by atoms with Crippen molar-refractivity contribution >= 4 is 34.0 Å². The number of carbonyl (C=O) groups excluding carboxylic acids is 1. The van der Waals surface area contributed by atoms with E-state index < -0.39 is 5.97 Å². The van der Waals surface area contributed by atoms with Crippen LogP contribution in [0.5, 0.6) is 5.75 Å². The number of aromatic nitrogens is 1. The first-order valence-corrected chi connectivity index (χ1v) is 13.5. The van der Waals surface area contributed by atoms with Gasteiger partial charge in [0.2, 0.25) is 5.91 Å². The Morgan fingerprint density at radius 1 is 1.03 bits per heavy atom. The number of allylic oxidation sites excluding steroid dienone is 1. The highest BCUT2D eigenvalue weighted by molar-refractivity contribution is 6.04. The van der Waals surface area contributed by atoms with E-state index in [9.17, 15) is 9.59 Å². The molecule has 0 unspecified atom stereocenters. The van der Waals surface area contributed by atoms with E-state index in [1.165, 1.54) is 49.4 Å². The molecule has 37 heavy (non-hydrogen) atoms. The zero-order valence-electron chi connectivity index (χ0n) is 22.3. The van der Waals surface area contributed by atoms with Crippen LogP contribution >= 0.6 is 0 Å². The number of unbranched alkanes of at least 4 members (excludes halogenated alkanes) is 2. The lowest BCUT2D eigenvalue weighted by Crippen LogP contribution is -2.11. The molecule has 0 aliphatic rings. The van der Waals surface area contributed by atoms with E-state index in [0.29, 0.717) is 23.9 Å². The third-order valence-corrected chi connectivity index (χ3v) is 6.64. The van der Waals surface area contributed by atoms with Crippen molar-refractivity contribution in [3.63, 3.8) is 0 Å². The number of nitrogens with zero attached hydrogens (tertiary/aromatic N) is 1. The maximum atomic E-state index is 12.8. The SMILES string of the molecule is CCCCC(CCCC)n1ccc2cc(C(C)=CC(=O)Nc3ccccc3OCCCC(=O)O)ccc21. The molecule has 3 rings (SSSR count). The van der Waals surface area contributed by atoms with Crippen LogP contribution in [0, 0.1) is 0 Å². The number of hydrogen-bond donors (Lipinski definition) is 2. The fourth-order valence-electron chi connectivity index (χ4n) is 4.58. The lowest BCUT2D eigenvalue weighted by molar-refractivity contribution is -0.137. The molecule has 3 aromatic rings. The molecule has 198 valence electrons. The Morgan fingerprint density at radius 2 is 1.76 bits per heavy atom. The number of fused-ring (bicyclic) bond motifs is 1. The smallest absolute Gasteiger partial charge is 0.303 e. The number of rotatable bonds is 15. The number of ether oxygens (including phenoxy) is 1. The van der Waals surface area contributed by atoms with Gasteiger partial charge in [-0.3, -0.25) is 9.59 Å². The first-order chi connectivity index (χ1) is 17.9. The maximum Gasteiger partial charge on any atom is 0.303 e. The minimum absolute atomic E-state index is 0.0440. The van der Waals surface area contributed by atoms with Gasteiger partial charge in [0.25, 0.3) is 0 Å². The van der Waals surface area contributed by atoms with Gasteiger partial charge in [0.15, 0.2) is 0 Å². The van der Waals surface area contributed by atoms with Crippen LogP contribution < -0.4 is 10.1 Å². The molecule has 1 aromatic heterocycles. The molecule has 2 N–H and O–H groups in total. The van der Waals surface area contributed by atoms with E-state index in [0.717, 1.165) is 11.1 Å². The molecule has 0 aliphatic heterocycles. The highest BCUT2D eigenvalue weighted by atomic mass is 16.5. The summed E-state index contributed by atoms with van der Waals surface area (Å²) in [6.07, 6.45) is 11.5. The van der Waals surface area contributed by atoms with Gasteiger partial charge in [-0.15, -0.1) is 0 Å². The number of carboxylic acids is 1. The molecule has 0 atom stereocenters. The van der Waals surface area contributed by atoms with E-state index in [4.69, 9.17) is 9.84 Å². The Labute approximate surface area is 220 Å². The third kappa shape index (κ3) is 8.24. The van der Waals surface area contributed by atoms with Crippen LogP contribution in [-0.2, 0) is 9.59 Å². The van der Waals surface area contributed by atoms with Crippen LogP contribution in [0.3, 0.4) is 0 Å². The lowest BCUT2D eigenvalue weighted by Gasteiger charge is -2.20. The monoisotopic (exact) mass is 504 g/mol. The Bertz CT molecular complexity index is 1200. The summed E-state index contributed by atoms with van der Waals surface area (Å²) in [6, 6.07) is 16.3. The van der Waals surface area contributed by atoms with Gasteiger partial charge in [-0.05, 0) is 67.7 Å². The maximum absolute atomic E-state index is 12.8. The quantitative estimate of drug-likeness (QED) is 0.163. The van der Waals surface area contributed by atoms with Crippen LogP contribution in [0.1, 0.15) is 83.7 Å². The number of amides is 1. The van der Waals surface area contributed by atoms with Crippen molar-refractivity contribution in [3.05, 3.63) is 66.4 Å². The van der Waals surface area contributed by atoms with Crippen molar-refractivity contribution in [2.24, 2.45) is 0 Å². The van der Waals surface area contributed by atoms with Crippen molar-refractivity contribution in [3.8, 4) is 5.75 Å². The first-order valence-electron chi connectivity index (χ1n) is 13.5. The second-order valence-electron chi connectivity index (χ2n) is 9.59. The van der Waals surface area contributed by atoms with Gasteiger partial charge in [0, 0.05) is 35.6 Å². The number of hydrogen-bond acceptors (Lipinski definition) is 3. The number of para-hydroxylation sites is 2. The summed E-state index contributed by atoms with van der Waals surface area (Å²) in [4.78, 5) is 23.5. The number of carbonyl (C=O) groups is 2. The standard InChI is InChI=1S/C31H40N2O4/c1-4-6-11-26(12-7-5-2)33-19-18-25-22-24(16-17-28(25)33)23(3)21-30(34)32-27-13-8-9-14-29(27)37-20-10-15-31(35)36/h8-9,13-14,16-19,21-22,26H,4-7,10-12,15,20H2,1-3H3,(H,32,34)(H,35,36). The molecule has 1 heterocycles. The van der Waals surface area contributed by atoms with Crippen molar-refractivity contribution in [1.29, 1.82) is 0 Å². The van der Waals surface area contributed by atoms with Gasteiger partial charge in [-0.2, -0.15) is 0 Å². The summed E-state index contributed by atoms with van der Waals surface area (Å²) >= 11 is 0. The number of nitrogens with one attached hydrogen (secondary N) is 1. The van der Waals surface area contributed by atoms with Crippen LogP contribution in [-0.4, -0.2) is 28.2 Å². The minimum atomic E-state index is -0.853. The average molecular weight is 505 g/mol. The third-order valence-electron chi connectivity index (χ3n) is 6.64. The molecule has 0 saturated heterocycles. The molecular formula is C31H40N2O4. The summed E-state index contributed by atoms with van der Waals surface area (Å²) in [5.74, 6) is -0.569. The van der Waals surface area contributed by atoms with Gasteiger partial charge in [0.1, 0.15) is 5.75 Å². The van der Waals surface area contributed by atoms with Crippen LogP contribution in [0.4, 0.5) is 5.69 Å². The van der Waals surface area contributed by atoms with Crippen LogP contribution in [0.2, 0.25) is 0 Å². The van der Waals surface area contributed by atoms with Gasteiger partial charge >= 0.3 is 5.97 Å². The molecule has 0 spiro atoms. The zero-order valence-corrected chi connectivity index (χ0v) is 22.3. The molecule has 6 nitrogen and oxygen atoms in total. The Balaban J connectivity index is 1.71. The molecule has 0 fully saturated rings. The molecule has 0 bridgehead atoms. The normalized spacial score (nSPS) is 11.7. The Morgan fingerprint density at radius 3 is 2.46 bits per heavy atom. The van der Waals surface area contributed by atoms with E-state index in [1.807, 2.05) is 19.1 Å². The molecule has 0 aliphatic carbocycles.